The number of aromatic amines is 1. The highest BCUT2D eigenvalue weighted by atomic mass is 35.5. The second-order valence-corrected chi connectivity index (χ2v) is 8.55. The minimum Gasteiger partial charge on any atom is -0.342 e. The predicted molar refractivity (Wildman–Crippen MR) is 96.9 cm³/mol. The van der Waals surface area contributed by atoms with Gasteiger partial charge in [0.05, 0.1) is 21.1 Å². The van der Waals surface area contributed by atoms with Crippen LogP contribution in [-0.4, -0.2) is 42.3 Å². The van der Waals surface area contributed by atoms with Crippen molar-refractivity contribution in [2.45, 2.75) is 32.1 Å². The molecule has 0 spiro atoms. The maximum absolute atomic E-state index is 12.2. The molecule has 0 bridgehead atoms. The van der Waals surface area contributed by atoms with Gasteiger partial charge in [-0.15, -0.1) is 0 Å². The van der Waals surface area contributed by atoms with Crippen molar-refractivity contribution in [3.05, 3.63) is 28.0 Å². The minimum absolute atomic E-state index is 0.201. The van der Waals surface area contributed by atoms with E-state index in [0.29, 0.717) is 29.7 Å². The summed E-state index contributed by atoms with van der Waals surface area (Å²) in [5.41, 5.74) is 1.62. The van der Waals surface area contributed by atoms with Crippen LogP contribution in [-0.2, 0) is 10.2 Å². The first-order chi connectivity index (χ1) is 11.4. The Labute approximate surface area is 151 Å². The summed E-state index contributed by atoms with van der Waals surface area (Å²) in [6.07, 6.45) is 2.24. The molecule has 3 rings (SSSR count). The molecule has 1 fully saturated rings. The molecule has 0 unspecified atom stereocenters. The highest BCUT2D eigenvalue weighted by molar-refractivity contribution is 7.87. The van der Waals surface area contributed by atoms with E-state index in [9.17, 15) is 8.42 Å². The van der Waals surface area contributed by atoms with Crippen LogP contribution >= 0.6 is 23.2 Å². The Morgan fingerprint density at radius 3 is 2.62 bits per heavy atom. The fourth-order valence-corrected chi connectivity index (χ4v) is 4.57. The van der Waals surface area contributed by atoms with Crippen LogP contribution in [0.1, 0.15) is 37.9 Å². The van der Waals surface area contributed by atoms with Crippen molar-refractivity contribution >= 4 is 44.4 Å². The van der Waals surface area contributed by atoms with Crippen LogP contribution in [0.3, 0.4) is 0 Å². The lowest BCUT2D eigenvalue weighted by molar-refractivity contribution is 0.311. The van der Waals surface area contributed by atoms with E-state index in [2.05, 4.69) is 14.7 Å². The largest absolute Gasteiger partial charge is 0.342 e. The number of nitrogens with one attached hydrogen (secondary N) is 2. The maximum Gasteiger partial charge on any atom is 0.279 e. The lowest BCUT2D eigenvalue weighted by Crippen LogP contribution is -2.44. The molecule has 1 aromatic carbocycles. The van der Waals surface area contributed by atoms with Gasteiger partial charge < -0.3 is 4.98 Å². The molecular weight excluding hydrogens is 371 g/mol. The number of H-pyrrole nitrogens is 1. The van der Waals surface area contributed by atoms with Crippen molar-refractivity contribution in [1.29, 1.82) is 0 Å². The van der Waals surface area contributed by atoms with E-state index in [4.69, 9.17) is 23.2 Å². The molecule has 2 aromatic rings. The first-order valence-corrected chi connectivity index (χ1v) is 10.2. The van der Waals surface area contributed by atoms with Gasteiger partial charge in [-0.3, -0.25) is 0 Å². The average Bonchev–Trinajstić information content (AvgIpc) is 2.96. The number of hydrogen-bond acceptors (Lipinski definition) is 3. The van der Waals surface area contributed by atoms with E-state index in [0.717, 1.165) is 36.1 Å². The third-order valence-corrected chi connectivity index (χ3v) is 6.59. The van der Waals surface area contributed by atoms with E-state index in [1.54, 1.807) is 12.1 Å². The van der Waals surface area contributed by atoms with Gasteiger partial charge in [-0.1, -0.05) is 30.1 Å². The summed E-state index contributed by atoms with van der Waals surface area (Å²) in [6.45, 7) is 3.38. The van der Waals surface area contributed by atoms with Crippen LogP contribution in [0.15, 0.2) is 12.1 Å². The second-order valence-electron chi connectivity index (χ2n) is 5.98. The number of piperidine rings is 1. The van der Waals surface area contributed by atoms with Crippen molar-refractivity contribution in [2.75, 3.05) is 19.6 Å². The number of imidazole rings is 1. The van der Waals surface area contributed by atoms with Crippen LogP contribution < -0.4 is 4.72 Å². The third-order valence-electron chi connectivity index (χ3n) is 4.26. The molecule has 0 radical (unpaired) electrons. The number of aromatic nitrogens is 2. The quantitative estimate of drug-likeness (QED) is 0.821. The lowest BCUT2D eigenvalue weighted by atomic mass is 9.97. The summed E-state index contributed by atoms with van der Waals surface area (Å²) >= 11 is 12.1. The van der Waals surface area contributed by atoms with Gasteiger partial charge in [0, 0.05) is 25.6 Å². The highest BCUT2D eigenvalue weighted by Crippen LogP contribution is 2.31. The van der Waals surface area contributed by atoms with Crippen molar-refractivity contribution in [1.82, 2.24) is 19.0 Å². The van der Waals surface area contributed by atoms with Crippen molar-refractivity contribution in [3.63, 3.8) is 0 Å². The smallest absolute Gasteiger partial charge is 0.279 e. The molecule has 1 aliphatic heterocycles. The third kappa shape index (κ3) is 3.70. The average molecular weight is 391 g/mol. The van der Waals surface area contributed by atoms with Crippen LogP contribution in [0.2, 0.25) is 10.0 Å². The van der Waals surface area contributed by atoms with Crippen LogP contribution in [0.4, 0.5) is 0 Å². The van der Waals surface area contributed by atoms with Gasteiger partial charge in [-0.2, -0.15) is 12.7 Å². The fourth-order valence-electron chi connectivity index (χ4n) is 2.91. The Balaban J connectivity index is 1.71. The van der Waals surface area contributed by atoms with E-state index in [1.165, 1.54) is 4.31 Å². The fraction of sp³-hybridized carbons (Fsp3) is 0.533. The minimum atomic E-state index is -3.37. The molecule has 0 amide bonds. The summed E-state index contributed by atoms with van der Waals surface area (Å²) in [5, 5.41) is 0.965. The van der Waals surface area contributed by atoms with E-state index in [-0.39, 0.29) is 5.92 Å². The summed E-state index contributed by atoms with van der Waals surface area (Å²) in [7, 11) is -3.37. The number of halogens is 2. The van der Waals surface area contributed by atoms with Gasteiger partial charge in [0.1, 0.15) is 5.82 Å². The standard InChI is InChI=1S/C15H20Cl2N4O2S/c1-2-5-18-24(22,23)21-6-3-10(4-7-21)15-19-13-8-11(16)12(17)9-14(13)20-15/h8-10,18H,2-7H2,1H3,(H,19,20). The van der Waals surface area contributed by atoms with Gasteiger partial charge in [0.2, 0.25) is 0 Å². The number of rotatable bonds is 5. The molecule has 0 saturated carbocycles. The van der Waals surface area contributed by atoms with Gasteiger partial charge in [-0.05, 0) is 31.4 Å². The molecule has 6 nitrogen and oxygen atoms in total. The zero-order chi connectivity index (χ0) is 17.3. The molecule has 1 aromatic heterocycles. The van der Waals surface area contributed by atoms with Crippen LogP contribution in [0.25, 0.3) is 11.0 Å². The molecule has 1 aliphatic rings. The second kappa shape index (κ2) is 7.17. The first kappa shape index (κ1) is 17.9. The van der Waals surface area contributed by atoms with E-state index >= 15 is 0 Å². The number of hydrogen-bond donors (Lipinski definition) is 2. The Hall–Kier alpha value is -0.860. The summed E-state index contributed by atoms with van der Waals surface area (Å²) in [5.74, 6) is 1.06. The Kier molecular flexibility index (Phi) is 5.36. The molecular formula is C15H20Cl2N4O2S. The molecule has 0 atom stereocenters. The molecule has 1 saturated heterocycles. The SMILES string of the molecule is CCCNS(=O)(=O)N1CCC(c2nc3cc(Cl)c(Cl)cc3[nH]2)CC1. The molecule has 132 valence electrons. The normalized spacial score (nSPS) is 17.6. The van der Waals surface area contributed by atoms with Gasteiger partial charge in [0.25, 0.3) is 10.2 Å². The predicted octanol–water partition coefficient (Wildman–Crippen LogP) is 3.29. The Bertz CT molecular complexity index is 790. The molecule has 0 aliphatic carbocycles. The topological polar surface area (TPSA) is 78.1 Å². The number of fused-ring (bicyclic) bond motifs is 1. The number of nitrogens with zero attached hydrogens (tertiary/aromatic N) is 2. The monoisotopic (exact) mass is 390 g/mol. The maximum atomic E-state index is 12.2. The summed E-state index contributed by atoms with van der Waals surface area (Å²) in [6, 6.07) is 3.51. The van der Waals surface area contributed by atoms with Gasteiger partial charge >= 0.3 is 0 Å². The van der Waals surface area contributed by atoms with Crippen molar-refractivity contribution in [2.24, 2.45) is 0 Å². The first-order valence-electron chi connectivity index (χ1n) is 8.00. The number of benzene rings is 1. The van der Waals surface area contributed by atoms with Crippen LogP contribution in [0.5, 0.6) is 0 Å². The highest BCUT2D eigenvalue weighted by Gasteiger charge is 2.29. The van der Waals surface area contributed by atoms with Gasteiger partial charge in [0.15, 0.2) is 0 Å². The lowest BCUT2D eigenvalue weighted by Gasteiger charge is -2.30. The van der Waals surface area contributed by atoms with E-state index < -0.39 is 10.2 Å². The molecule has 9 heteroatoms. The zero-order valence-corrected chi connectivity index (χ0v) is 15.7. The van der Waals surface area contributed by atoms with Gasteiger partial charge in [-0.25, -0.2) is 9.71 Å². The van der Waals surface area contributed by atoms with Crippen molar-refractivity contribution in [3.8, 4) is 0 Å². The Morgan fingerprint density at radius 1 is 1.29 bits per heavy atom. The summed E-state index contributed by atoms with van der Waals surface area (Å²) < 4.78 is 28.5. The summed E-state index contributed by atoms with van der Waals surface area (Å²) in [4.78, 5) is 7.88. The molecule has 2 heterocycles. The molecule has 24 heavy (non-hydrogen) atoms. The van der Waals surface area contributed by atoms with Crippen LogP contribution in [0, 0.1) is 0 Å². The Morgan fingerprint density at radius 2 is 1.96 bits per heavy atom. The van der Waals surface area contributed by atoms with Crippen molar-refractivity contribution < 1.29 is 8.42 Å². The zero-order valence-electron chi connectivity index (χ0n) is 13.3. The molecule has 2 N–H and O–H groups in total. The van der Waals surface area contributed by atoms with E-state index in [1.807, 2.05) is 6.92 Å².